The van der Waals surface area contributed by atoms with Gasteiger partial charge in [-0.25, -0.2) is 4.39 Å². The van der Waals surface area contributed by atoms with Crippen LogP contribution >= 0.6 is 12.4 Å². The SMILES string of the molecule is CCOc1c(F)cccc1C(=O)N1CCC(C(C)N)CC1.Cl. The van der Waals surface area contributed by atoms with Crippen LogP contribution in [0.2, 0.25) is 0 Å². The van der Waals surface area contributed by atoms with E-state index in [0.29, 0.717) is 31.2 Å². The first-order chi connectivity index (χ1) is 10.0. The standard InChI is InChI=1S/C16H23FN2O2.ClH/c1-3-21-15-13(5-4-6-14(15)17)16(20)19-9-7-12(8-10-19)11(2)18;/h4-6,11-12H,3,7-10,18H2,1-2H3;1H. The van der Waals surface area contributed by atoms with Gasteiger partial charge in [-0.15, -0.1) is 12.4 Å². The number of amides is 1. The molecule has 1 aromatic carbocycles. The van der Waals surface area contributed by atoms with Gasteiger partial charge in [0.15, 0.2) is 11.6 Å². The third kappa shape index (κ3) is 4.11. The molecule has 1 amide bonds. The van der Waals surface area contributed by atoms with E-state index in [4.69, 9.17) is 10.5 Å². The number of piperidine rings is 1. The highest BCUT2D eigenvalue weighted by Crippen LogP contribution is 2.27. The Kier molecular flexibility index (Phi) is 7.10. The molecule has 0 aromatic heterocycles. The number of nitrogens with zero attached hydrogens (tertiary/aromatic N) is 1. The molecule has 1 aromatic rings. The van der Waals surface area contributed by atoms with Gasteiger partial charge in [-0.05, 0) is 44.7 Å². The van der Waals surface area contributed by atoms with Gasteiger partial charge in [-0.2, -0.15) is 0 Å². The highest BCUT2D eigenvalue weighted by atomic mass is 35.5. The van der Waals surface area contributed by atoms with Crippen LogP contribution in [0.4, 0.5) is 4.39 Å². The summed E-state index contributed by atoms with van der Waals surface area (Å²) in [6.07, 6.45) is 1.78. The van der Waals surface area contributed by atoms with Crippen LogP contribution < -0.4 is 10.5 Å². The first-order valence-electron chi connectivity index (χ1n) is 7.50. The normalized spacial score (nSPS) is 16.8. The summed E-state index contributed by atoms with van der Waals surface area (Å²) in [6.45, 7) is 5.42. The number of likely N-dealkylation sites (tertiary alicyclic amines) is 1. The van der Waals surface area contributed by atoms with Crippen molar-refractivity contribution >= 4 is 18.3 Å². The Morgan fingerprint density at radius 1 is 1.45 bits per heavy atom. The van der Waals surface area contributed by atoms with Gasteiger partial charge < -0.3 is 15.4 Å². The number of hydrogen-bond acceptors (Lipinski definition) is 3. The van der Waals surface area contributed by atoms with Gasteiger partial charge in [0.2, 0.25) is 0 Å². The van der Waals surface area contributed by atoms with Gasteiger partial charge in [0.25, 0.3) is 5.91 Å². The summed E-state index contributed by atoms with van der Waals surface area (Å²) in [4.78, 5) is 14.3. The molecule has 124 valence electrons. The predicted molar refractivity (Wildman–Crippen MR) is 87.1 cm³/mol. The van der Waals surface area contributed by atoms with Crippen molar-refractivity contribution in [2.24, 2.45) is 11.7 Å². The van der Waals surface area contributed by atoms with Crippen molar-refractivity contribution in [3.05, 3.63) is 29.6 Å². The average Bonchev–Trinajstić information content (AvgIpc) is 2.49. The number of nitrogens with two attached hydrogens (primary N) is 1. The summed E-state index contributed by atoms with van der Waals surface area (Å²) in [5.74, 6) is -0.151. The van der Waals surface area contributed by atoms with Crippen LogP contribution in [0.25, 0.3) is 0 Å². The number of ether oxygens (including phenoxy) is 1. The van der Waals surface area contributed by atoms with E-state index >= 15 is 0 Å². The number of benzene rings is 1. The largest absolute Gasteiger partial charge is 0.490 e. The molecule has 2 rings (SSSR count). The van der Waals surface area contributed by atoms with Crippen LogP contribution in [0, 0.1) is 11.7 Å². The molecule has 1 aliphatic rings. The Balaban J connectivity index is 0.00000242. The first-order valence-corrected chi connectivity index (χ1v) is 7.50. The molecule has 2 N–H and O–H groups in total. The van der Waals surface area contributed by atoms with Gasteiger partial charge in [0.1, 0.15) is 0 Å². The van der Waals surface area contributed by atoms with Crippen molar-refractivity contribution in [2.75, 3.05) is 19.7 Å². The number of carbonyl (C=O) groups is 1. The number of rotatable bonds is 4. The Bertz CT molecular complexity index is 503. The van der Waals surface area contributed by atoms with E-state index in [-0.39, 0.29) is 30.1 Å². The zero-order valence-corrected chi connectivity index (χ0v) is 13.9. The molecule has 0 saturated carbocycles. The maximum absolute atomic E-state index is 13.8. The van der Waals surface area contributed by atoms with E-state index in [2.05, 4.69) is 0 Å². The summed E-state index contributed by atoms with van der Waals surface area (Å²) in [7, 11) is 0. The molecule has 6 heteroatoms. The van der Waals surface area contributed by atoms with Crippen molar-refractivity contribution in [3.8, 4) is 5.75 Å². The topological polar surface area (TPSA) is 55.6 Å². The van der Waals surface area contributed by atoms with Crippen molar-refractivity contribution in [1.82, 2.24) is 4.90 Å². The predicted octanol–water partition coefficient (Wildman–Crippen LogP) is 2.85. The molecule has 1 unspecified atom stereocenters. The van der Waals surface area contributed by atoms with Crippen molar-refractivity contribution in [1.29, 1.82) is 0 Å². The minimum atomic E-state index is -0.492. The Morgan fingerprint density at radius 2 is 2.09 bits per heavy atom. The smallest absolute Gasteiger partial charge is 0.257 e. The summed E-state index contributed by atoms with van der Waals surface area (Å²) in [6, 6.07) is 4.62. The quantitative estimate of drug-likeness (QED) is 0.923. The van der Waals surface area contributed by atoms with E-state index in [1.165, 1.54) is 6.07 Å². The lowest BCUT2D eigenvalue weighted by Crippen LogP contribution is -2.42. The molecule has 1 aliphatic heterocycles. The first kappa shape index (κ1) is 18.7. The molecule has 0 aliphatic carbocycles. The van der Waals surface area contributed by atoms with E-state index < -0.39 is 5.82 Å². The zero-order chi connectivity index (χ0) is 15.4. The minimum absolute atomic E-state index is 0. The molecule has 22 heavy (non-hydrogen) atoms. The lowest BCUT2D eigenvalue weighted by atomic mass is 9.90. The number of carbonyl (C=O) groups excluding carboxylic acids is 1. The minimum Gasteiger partial charge on any atom is -0.490 e. The van der Waals surface area contributed by atoms with E-state index in [1.54, 1.807) is 24.0 Å². The van der Waals surface area contributed by atoms with Crippen LogP contribution in [0.1, 0.15) is 37.0 Å². The van der Waals surface area contributed by atoms with Gasteiger partial charge in [-0.1, -0.05) is 6.07 Å². The van der Waals surface area contributed by atoms with Crippen molar-refractivity contribution in [2.45, 2.75) is 32.7 Å². The van der Waals surface area contributed by atoms with Crippen LogP contribution in [0.15, 0.2) is 18.2 Å². The molecule has 1 atom stereocenters. The van der Waals surface area contributed by atoms with Crippen LogP contribution in [0.5, 0.6) is 5.75 Å². The fourth-order valence-corrected chi connectivity index (χ4v) is 2.77. The highest BCUT2D eigenvalue weighted by molar-refractivity contribution is 5.97. The fraction of sp³-hybridized carbons (Fsp3) is 0.562. The molecule has 0 radical (unpaired) electrons. The van der Waals surface area contributed by atoms with Gasteiger partial charge in [0, 0.05) is 19.1 Å². The Morgan fingerprint density at radius 3 is 2.64 bits per heavy atom. The van der Waals surface area contributed by atoms with Crippen molar-refractivity contribution in [3.63, 3.8) is 0 Å². The van der Waals surface area contributed by atoms with Crippen LogP contribution in [-0.2, 0) is 0 Å². The van der Waals surface area contributed by atoms with Gasteiger partial charge >= 0.3 is 0 Å². The zero-order valence-electron chi connectivity index (χ0n) is 13.0. The van der Waals surface area contributed by atoms with Crippen LogP contribution in [0.3, 0.4) is 0 Å². The molecule has 1 saturated heterocycles. The lowest BCUT2D eigenvalue weighted by Gasteiger charge is -2.34. The van der Waals surface area contributed by atoms with Crippen molar-refractivity contribution < 1.29 is 13.9 Å². The molecular weight excluding hydrogens is 307 g/mol. The summed E-state index contributed by atoms with van der Waals surface area (Å²) < 4.78 is 19.1. The molecule has 0 spiro atoms. The molecule has 0 bridgehead atoms. The summed E-state index contributed by atoms with van der Waals surface area (Å²) >= 11 is 0. The van der Waals surface area contributed by atoms with E-state index in [1.807, 2.05) is 6.92 Å². The van der Waals surface area contributed by atoms with Crippen LogP contribution in [-0.4, -0.2) is 36.5 Å². The molecule has 4 nitrogen and oxygen atoms in total. The van der Waals surface area contributed by atoms with E-state index in [0.717, 1.165) is 12.8 Å². The maximum Gasteiger partial charge on any atom is 0.257 e. The Labute approximate surface area is 137 Å². The fourth-order valence-electron chi connectivity index (χ4n) is 2.77. The third-order valence-corrected chi connectivity index (χ3v) is 4.06. The average molecular weight is 331 g/mol. The number of halogens is 2. The van der Waals surface area contributed by atoms with E-state index in [9.17, 15) is 9.18 Å². The monoisotopic (exact) mass is 330 g/mol. The summed E-state index contributed by atoms with van der Waals surface area (Å²) in [5.41, 5.74) is 6.21. The molecule has 1 heterocycles. The molecular formula is C16H24ClFN2O2. The maximum atomic E-state index is 13.8. The van der Waals surface area contributed by atoms with Gasteiger partial charge in [0.05, 0.1) is 12.2 Å². The number of para-hydroxylation sites is 1. The lowest BCUT2D eigenvalue weighted by molar-refractivity contribution is 0.0676. The second-order valence-electron chi connectivity index (χ2n) is 5.54. The Hall–Kier alpha value is -1.33. The summed E-state index contributed by atoms with van der Waals surface area (Å²) in [5, 5.41) is 0. The third-order valence-electron chi connectivity index (χ3n) is 4.06. The second-order valence-corrected chi connectivity index (χ2v) is 5.54. The molecule has 1 fully saturated rings. The van der Waals surface area contributed by atoms with Gasteiger partial charge in [-0.3, -0.25) is 4.79 Å². The second kappa shape index (κ2) is 8.34. The number of hydrogen-bond donors (Lipinski definition) is 1. The highest BCUT2D eigenvalue weighted by Gasteiger charge is 2.27.